The Morgan fingerprint density at radius 3 is 2.60 bits per heavy atom. The fourth-order valence-electron chi connectivity index (χ4n) is 2.03. The van der Waals surface area contributed by atoms with E-state index in [9.17, 15) is 9.50 Å². The molecular formula is C16H17ClFNO. The third kappa shape index (κ3) is 4.30. The molecule has 2 nitrogen and oxygen atoms in total. The standard InChI is InChI=1S/C16H17ClFNO/c17-16-7-6-14(18)9-13(16)10-19-15(11-20)8-12-4-2-1-3-5-12/h1-7,9,15,19-20H,8,10-11H2. The van der Waals surface area contributed by atoms with Gasteiger partial charge in [0.1, 0.15) is 5.82 Å². The first-order valence-corrected chi connectivity index (χ1v) is 6.89. The molecule has 0 amide bonds. The molecule has 0 aliphatic rings. The van der Waals surface area contributed by atoms with Crippen molar-refractivity contribution < 1.29 is 9.50 Å². The van der Waals surface area contributed by atoms with E-state index >= 15 is 0 Å². The van der Waals surface area contributed by atoms with Gasteiger partial charge in [-0.05, 0) is 35.7 Å². The summed E-state index contributed by atoms with van der Waals surface area (Å²) in [5.74, 6) is -0.310. The molecule has 0 heterocycles. The van der Waals surface area contributed by atoms with Crippen LogP contribution >= 0.6 is 11.6 Å². The van der Waals surface area contributed by atoms with Crippen molar-refractivity contribution in [2.75, 3.05) is 6.61 Å². The molecule has 1 unspecified atom stereocenters. The summed E-state index contributed by atoms with van der Waals surface area (Å²) in [5, 5.41) is 13.1. The molecule has 4 heteroatoms. The largest absolute Gasteiger partial charge is 0.395 e. The van der Waals surface area contributed by atoms with Crippen LogP contribution in [0.2, 0.25) is 5.02 Å². The fraction of sp³-hybridized carbons (Fsp3) is 0.250. The summed E-state index contributed by atoms with van der Waals surface area (Å²) in [6.07, 6.45) is 0.713. The Balaban J connectivity index is 1.95. The minimum atomic E-state index is -0.310. The van der Waals surface area contributed by atoms with Crippen LogP contribution in [0.4, 0.5) is 4.39 Å². The SMILES string of the molecule is OCC(Cc1ccccc1)NCc1cc(F)ccc1Cl. The second-order valence-corrected chi connectivity index (χ2v) is 5.09. The van der Waals surface area contributed by atoms with Crippen molar-refractivity contribution in [3.8, 4) is 0 Å². The van der Waals surface area contributed by atoms with E-state index in [0.717, 1.165) is 5.56 Å². The van der Waals surface area contributed by atoms with E-state index in [0.29, 0.717) is 23.6 Å². The number of aliphatic hydroxyl groups is 1. The van der Waals surface area contributed by atoms with Crippen LogP contribution in [-0.4, -0.2) is 17.8 Å². The molecule has 20 heavy (non-hydrogen) atoms. The lowest BCUT2D eigenvalue weighted by Gasteiger charge is -2.17. The van der Waals surface area contributed by atoms with Gasteiger partial charge in [0, 0.05) is 17.6 Å². The molecular weight excluding hydrogens is 277 g/mol. The van der Waals surface area contributed by atoms with Crippen molar-refractivity contribution in [3.63, 3.8) is 0 Å². The summed E-state index contributed by atoms with van der Waals surface area (Å²) >= 11 is 6.01. The van der Waals surface area contributed by atoms with E-state index < -0.39 is 0 Å². The minimum absolute atomic E-state index is 0.0157. The van der Waals surface area contributed by atoms with Crippen molar-refractivity contribution in [2.45, 2.75) is 19.0 Å². The predicted octanol–water partition coefficient (Wildman–Crippen LogP) is 3.17. The summed E-state index contributed by atoms with van der Waals surface area (Å²) in [4.78, 5) is 0. The van der Waals surface area contributed by atoms with Crippen molar-refractivity contribution in [2.24, 2.45) is 0 Å². The highest BCUT2D eigenvalue weighted by Crippen LogP contribution is 2.17. The predicted molar refractivity (Wildman–Crippen MR) is 79.3 cm³/mol. The zero-order chi connectivity index (χ0) is 14.4. The van der Waals surface area contributed by atoms with E-state index in [4.69, 9.17) is 11.6 Å². The maximum absolute atomic E-state index is 13.2. The first-order valence-electron chi connectivity index (χ1n) is 6.51. The lowest BCUT2D eigenvalue weighted by molar-refractivity contribution is 0.241. The first-order chi connectivity index (χ1) is 9.69. The van der Waals surface area contributed by atoms with E-state index in [2.05, 4.69) is 5.32 Å². The molecule has 2 aromatic rings. The van der Waals surface area contributed by atoms with Gasteiger partial charge < -0.3 is 10.4 Å². The molecule has 0 saturated heterocycles. The van der Waals surface area contributed by atoms with Crippen molar-refractivity contribution in [3.05, 3.63) is 70.5 Å². The highest BCUT2D eigenvalue weighted by atomic mass is 35.5. The molecule has 0 saturated carbocycles. The van der Waals surface area contributed by atoms with Gasteiger partial charge in [-0.25, -0.2) is 4.39 Å². The molecule has 1 atom stereocenters. The molecule has 2 aromatic carbocycles. The Morgan fingerprint density at radius 1 is 1.15 bits per heavy atom. The highest BCUT2D eigenvalue weighted by molar-refractivity contribution is 6.31. The van der Waals surface area contributed by atoms with Gasteiger partial charge >= 0.3 is 0 Å². The van der Waals surface area contributed by atoms with Crippen LogP contribution in [0.15, 0.2) is 48.5 Å². The third-order valence-corrected chi connectivity index (χ3v) is 3.50. The fourth-order valence-corrected chi connectivity index (χ4v) is 2.22. The van der Waals surface area contributed by atoms with E-state index in [1.807, 2.05) is 30.3 Å². The maximum atomic E-state index is 13.2. The van der Waals surface area contributed by atoms with Crippen LogP contribution in [0.1, 0.15) is 11.1 Å². The van der Waals surface area contributed by atoms with Gasteiger partial charge in [0.05, 0.1) is 6.61 Å². The van der Waals surface area contributed by atoms with E-state index in [1.165, 1.54) is 12.1 Å². The van der Waals surface area contributed by atoms with Crippen LogP contribution in [0, 0.1) is 5.82 Å². The number of halogens is 2. The molecule has 0 fully saturated rings. The molecule has 0 bridgehead atoms. The molecule has 0 aromatic heterocycles. The van der Waals surface area contributed by atoms with Crippen LogP contribution in [-0.2, 0) is 13.0 Å². The normalized spacial score (nSPS) is 12.3. The van der Waals surface area contributed by atoms with Gasteiger partial charge in [0.15, 0.2) is 0 Å². The Bertz CT molecular complexity index is 547. The van der Waals surface area contributed by atoms with Crippen molar-refractivity contribution in [1.29, 1.82) is 0 Å². The van der Waals surface area contributed by atoms with Crippen molar-refractivity contribution >= 4 is 11.6 Å². The summed E-state index contributed by atoms with van der Waals surface area (Å²) < 4.78 is 13.2. The Kier molecular flexibility index (Phi) is 5.53. The summed E-state index contributed by atoms with van der Waals surface area (Å²) in [5.41, 5.74) is 1.84. The second-order valence-electron chi connectivity index (χ2n) is 4.69. The molecule has 2 N–H and O–H groups in total. The van der Waals surface area contributed by atoms with Gasteiger partial charge in [-0.15, -0.1) is 0 Å². The van der Waals surface area contributed by atoms with Gasteiger partial charge in [0.2, 0.25) is 0 Å². The summed E-state index contributed by atoms with van der Waals surface area (Å²) in [7, 11) is 0. The van der Waals surface area contributed by atoms with Gasteiger partial charge in [0.25, 0.3) is 0 Å². The average Bonchev–Trinajstić information content (AvgIpc) is 2.47. The zero-order valence-electron chi connectivity index (χ0n) is 11.0. The Morgan fingerprint density at radius 2 is 1.90 bits per heavy atom. The lowest BCUT2D eigenvalue weighted by atomic mass is 10.1. The smallest absolute Gasteiger partial charge is 0.123 e. The number of hydrogen-bond donors (Lipinski definition) is 2. The zero-order valence-corrected chi connectivity index (χ0v) is 11.8. The van der Waals surface area contributed by atoms with Crippen LogP contribution in [0.25, 0.3) is 0 Å². The number of nitrogens with one attached hydrogen (secondary N) is 1. The Hall–Kier alpha value is -1.42. The van der Waals surface area contributed by atoms with Crippen LogP contribution in [0.3, 0.4) is 0 Å². The number of aliphatic hydroxyl groups excluding tert-OH is 1. The van der Waals surface area contributed by atoms with Crippen LogP contribution in [0.5, 0.6) is 0 Å². The third-order valence-electron chi connectivity index (χ3n) is 3.13. The average molecular weight is 294 g/mol. The topological polar surface area (TPSA) is 32.3 Å². The first kappa shape index (κ1) is 15.0. The molecule has 0 spiro atoms. The van der Waals surface area contributed by atoms with Crippen LogP contribution < -0.4 is 5.32 Å². The summed E-state index contributed by atoms with van der Waals surface area (Å²) in [6.45, 7) is 0.441. The monoisotopic (exact) mass is 293 g/mol. The quantitative estimate of drug-likeness (QED) is 0.857. The molecule has 106 valence electrons. The van der Waals surface area contributed by atoms with E-state index in [-0.39, 0.29) is 18.5 Å². The lowest BCUT2D eigenvalue weighted by Crippen LogP contribution is -2.34. The van der Waals surface area contributed by atoms with Gasteiger partial charge in [-0.3, -0.25) is 0 Å². The molecule has 0 aliphatic heterocycles. The summed E-state index contributed by atoms with van der Waals surface area (Å²) in [6, 6.07) is 14.1. The number of benzene rings is 2. The number of rotatable bonds is 6. The molecule has 0 aliphatic carbocycles. The number of hydrogen-bond acceptors (Lipinski definition) is 2. The second kappa shape index (κ2) is 7.39. The van der Waals surface area contributed by atoms with E-state index in [1.54, 1.807) is 6.07 Å². The van der Waals surface area contributed by atoms with Gasteiger partial charge in [-0.1, -0.05) is 41.9 Å². The molecule has 2 rings (SSSR count). The van der Waals surface area contributed by atoms with Gasteiger partial charge in [-0.2, -0.15) is 0 Å². The molecule has 0 radical (unpaired) electrons. The van der Waals surface area contributed by atoms with Crippen molar-refractivity contribution in [1.82, 2.24) is 5.32 Å². The highest BCUT2D eigenvalue weighted by Gasteiger charge is 2.09. The minimum Gasteiger partial charge on any atom is -0.395 e. The Labute approximate surface area is 123 Å². The maximum Gasteiger partial charge on any atom is 0.123 e.